The number of fused-ring (bicyclic) bond motifs is 1. The number of benzene rings is 1. The molecule has 2 aliphatic rings. The lowest BCUT2D eigenvalue weighted by Gasteiger charge is -2.16. The molecule has 0 unspecified atom stereocenters. The van der Waals surface area contributed by atoms with E-state index in [1.165, 1.54) is 11.8 Å². The molecule has 7 nitrogen and oxygen atoms in total. The molecule has 0 N–H and O–H groups in total. The highest BCUT2D eigenvalue weighted by Gasteiger charge is 2.23. The van der Waals surface area contributed by atoms with Gasteiger partial charge in [-0.15, -0.1) is 0 Å². The van der Waals surface area contributed by atoms with Crippen LogP contribution >= 0.6 is 11.8 Å². The van der Waals surface area contributed by atoms with E-state index in [0.29, 0.717) is 22.6 Å². The number of para-hydroxylation sites is 1. The third-order valence-corrected chi connectivity index (χ3v) is 7.83. The number of hydrogen-bond acceptors (Lipinski definition) is 6. The van der Waals surface area contributed by atoms with Gasteiger partial charge in [-0.3, -0.25) is 14.2 Å². The number of nitrogens with zero attached hydrogens (tertiary/aromatic N) is 3. The van der Waals surface area contributed by atoms with E-state index >= 15 is 0 Å². The number of aromatic nitrogens is 3. The zero-order chi connectivity index (χ0) is 23.7. The molecule has 2 atom stereocenters. The Morgan fingerprint density at radius 1 is 1.06 bits per heavy atom. The molecular formula is C26H31N3O4S. The van der Waals surface area contributed by atoms with Crippen LogP contribution in [0.15, 0.2) is 40.3 Å². The van der Waals surface area contributed by atoms with Gasteiger partial charge in [0.25, 0.3) is 5.56 Å². The Hall–Kier alpha value is -2.42. The molecule has 8 heteroatoms. The van der Waals surface area contributed by atoms with Crippen LogP contribution in [0.1, 0.15) is 47.4 Å². The molecule has 0 spiro atoms. The van der Waals surface area contributed by atoms with Crippen LogP contribution in [-0.2, 0) is 22.6 Å². The van der Waals surface area contributed by atoms with Crippen LogP contribution in [0, 0.1) is 13.8 Å². The highest BCUT2D eigenvalue weighted by atomic mass is 32.2. The minimum absolute atomic E-state index is 0.00689. The summed E-state index contributed by atoms with van der Waals surface area (Å²) in [5.41, 5.74) is 3.35. The van der Waals surface area contributed by atoms with Gasteiger partial charge in [-0.25, -0.2) is 4.98 Å². The number of carbonyl (C=O) groups excluding carboxylic acids is 1. The summed E-state index contributed by atoms with van der Waals surface area (Å²) in [5.74, 6) is 0.267. The molecule has 5 rings (SSSR count). The molecule has 180 valence electrons. The van der Waals surface area contributed by atoms with E-state index in [9.17, 15) is 9.59 Å². The van der Waals surface area contributed by atoms with Crippen molar-refractivity contribution in [1.29, 1.82) is 0 Å². The van der Waals surface area contributed by atoms with Crippen molar-refractivity contribution in [3.63, 3.8) is 0 Å². The lowest BCUT2D eigenvalue weighted by atomic mass is 10.2. The average Bonchev–Trinajstić information content (AvgIpc) is 3.59. The first-order valence-corrected chi connectivity index (χ1v) is 13.1. The Morgan fingerprint density at radius 3 is 2.41 bits per heavy atom. The summed E-state index contributed by atoms with van der Waals surface area (Å²) in [7, 11) is 0. The number of carbonyl (C=O) groups is 1. The Morgan fingerprint density at radius 2 is 1.74 bits per heavy atom. The van der Waals surface area contributed by atoms with Crippen molar-refractivity contribution in [2.75, 3.05) is 19.0 Å². The first kappa shape index (κ1) is 23.3. The smallest absolute Gasteiger partial charge is 0.262 e. The average molecular weight is 482 g/mol. The summed E-state index contributed by atoms with van der Waals surface area (Å²) in [4.78, 5) is 31.3. The van der Waals surface area contributed by atoms with E-state index in [4.69, 9.17) is 14.5 Å². The van der Waals surface area contributed by atoms with Crippen LogP contribution in [0.25, 0.3) is 10.9 Å². The van der Waals surface area contributed by atoms with E-state index in [1.54, 1.807) is 10.6 Å². The standard InChI is InChI=1S/C26H31N3O4S/c1-17-13-22(18(2)28(17)14-19-7-5-11-32-19)24(30)16-34-26-27-23-10-4-3-9-21(23)25(31)29(26)15-20-8-6-12-33-20/h3-4,9-10,13,19-20H,5-8,11-12,14-16H2,1-2H3/t19-,20+/m0/s1. The molecule has 3 aromatic rings. The fourth-order valence-electron chi connectivity index (χ4n) is 4.97. The summed E-state index contributed by atoms with van der Waals surface area (Å²) in [6.45, 7) is 6.83. The van der Waals surface area contributed by atoms with Gasteiger partial charge in [0.1, 0.15) is 0 Å². The van der Waals surface area contributed by atoms with Gasteiger partial charge in [0.05, 0.1) is 35.4 Å². The number of hydrogen-bond donors (Lipinski definition) is 0. The molecule has 34 heavy (non-hydrogen) atoms. The first-order chi connectivity index (χ1) is 16.5. The second-order valence-electron chi connectivity index (χ2n) is 9.20. The van der Waals surface area contributed by atoms with Crippen molar-refractivity contribution in [2.24, 2.45) is 0 Å². The molecule has 2 fully saturated rings. The number of ether oxygens (including phenoxy) is 2. The van der Waals surface area contributed by atoms with Crippen LogP contribution in [0.2, 0.25) is 0 Å². The molecule has 0 aliphatic carbocycles. The third kappa shape index (κ3) is 4.72. The van der Waals surface area contributed by atoms with E-state index in [1.807, 2.05) is 38.1 Å². The number of rotatable bonds is 8. The second-order valence-corrected chi connectivity index (χ2v) is 10.1. The fourth-order valence-corrected chi connectivity index (χ4v) is 5.87. The fraction of sp³-hybridized carbons (Fsp3) is 0.500. The Labute approximate surface area is 203 Å². The van der Waals surface area contributed by atoms with E-state index in [-0.39, 0.29) is 29.3 Å². The Bertz CT molecular complexity index is 1250. The number of aryl methyl sites for hydroxylation is 1. The summed E-state index contributed by atoms with van der Waals surface area (Å²) in [5, 5.41) is 1.16. The van der Waals surface area contributed by atoms with Gasteiger partial charge < -0.3 is 14.0 Å². The molecule has 2 aliphatic heterocycles. The minimum Gasteiger partial charge on any atom is -0.376 e. The van der Waals surface area contributed by atoms with Gasteiger partial charge in [0.2, 0.25) is 0 Å². The van der Waals surface area contributed by atoms with Gasteiger partial charge >= 0.3 is 0 Å². The summed E-state index contributed by atoms with van der Waals surface area (Å²) in [6, 6.07) is 9.35. The van der Waals surface area contributed by atoms with E-state index < -0.39 is 0 Å². The van der Waals surface area contributed by atoms with Gasteiger partial charge in [-0.1, -0.05) is 23.9 Å². The maximum Gasteiger partial charge on any atom is 0.262 e. The van der Waals surface area contributed by atoms with Crippen LogP contribution in [-0.4, -0.2) is 51.1 Å². The molecule has 0 saturated carbocycles. The zero-order valence-corrected chi connectivity index (χ0v) is 20.6. The van der Waals surface area contributed by atoms with Crippen molar-refractivity contribution in [3.05, 3.63) is 57.6 Å². The third-order valence-electron chi connectivity index (χ3n) is 6.85. The molecule has 2 aromatic heterocycles. The summed E-state index contributed by atoms with van der Waals surface area (Å²) >= 11 is 1.33. The zero-order valence-electron chi connectivity index (χ0n) is 19.8. The number of thioether (sulfide) groups is 1. The van der Waals surface area contributed by atoms with Crippen LogP contribution in [0.5, 0.6) is 0 Å². The molecule has 0 amide bonds. The molecule has 0 radical (unpaired) electrons. The number of Topliss-reactive ketones (excluding diaryl/α,β-unsaturated/α-hetero) is 1. The predicted octanol–water partition coefficient (Wildman–Crippen LogP) is 4.15. The summed E-state index contributed by atoms with van der Waals surface area (Å²) in [6.07, 6.45) is 4.32. The molecule has 1 aromatic carbocycles. The predicted molar refractivity (Wildman–Crippen MR) is 133 cm³/mol. The second kappa shape index (κ2) is 10.1. The minimum atomic E-state index is -0.0780. The van der Waals surface area contributed by atoms with Gasteiger partial charge in [-0.05, 0) is 57.7 Å². The Kier molecular flexibility index (Phi) is 6.90. The molecule has 0 bridgehead atoms. The van der Waals surface area contributed by atoms with E-state index in [2.05, 4.69) is 4.57 Å². The summed E-state index contributed by atoms with van der Waals surface area (Å²) < 4.78 is 15.5. The van der Waals surface area contributed by atoms with Gasteiger partial charge in [0, 0.05) is 36.7 Å². The SMILES string of the molecule is Cc1cc(C(=O)CSc2nc3ccccc3c(=O)n2C[C@H]2CCCO2)c(C)n1C[C@@H]1CCCO1. The molecular weight excluding hydrogens is 450 g/mol. The van der Waals surface area contributed by atoms with Crippen molar-refractivity contribution in [1.82, 2.24) is 14.1 Å². The van der Waals surface area contributed by atoms with E-state index in [0.717, 1.165) is 62.4 Å². The maximum atomic E-state index is 13.3. The van der Waals surface area contributed by atoms with Crippen LogP contribution in [0.3, 0.4) is 0 Å². The van der Waals surface area contributed by atoms with Gasteiger partial charge in [0.15, 0.2) is 10.9 Å². The number of ketones is 1. The van der Waals surface area contributed by atoms with Gasteiger partial charge in [-0.2, -0.15) is 0 Å². The highest BCUT2D eigenvalue weighted by molar-refractivity contribution is 7.99. The van der Waals surface area contributed by atoms with Crippen molar-refractivity contribution in [2.45, 2.75) is 70.0 Å². The lowest BCUT2D eigenvalue weighted by Crippen LogP contribution is -2.29. The maximum absolute atomic E-state index is 13.3. The van der Waals surface area contributed by atoms with Crippen molar-refractivity contribution in [3.8, 4) is 0 Å². The largest absolute Gasteiger partial charge is 0.376 e. The lowest BCUT2D eigenvalue weighted by molar-refractivity contribution is 0.0937. The normalized spacial score (nSPS) is 20.4. The molecule has 4 heterocycles. The van der Waals surface area contributed by atoms with Crippen molar-refractivity contribution < 1.29 is 14.3 Å². The first-order valence-electron chi connectivity index (χ1n) is 12.1. The van der Waals surface area contributed by atoms with Crippen molar-refractivity contribution >= 4 is 28.4 Å². The Balaban J connectivity index is 1.38. The molecule has 2 saturated heterocycles. The monoisotopic (exact) mass is 481 g/mol. The quantitative estimate of drug-likeness (QED) is 0.273. The van der Waals surface area contributed by atoms with Crippen LogP contribution < -0.4 is 5.56 Å². The van der Waals surface area contributed by atoms with Crippen LogP contribution in [0.4, 0.5) is 0 Å². The topological polar surface area (TPSA) is 75.4 Å². The highest BCUT2D eigenvalue weighted by Crippen LogP contribution is 2.25.